The van der Waals surface area contributed by atoms with Gasteiger partial charge in [0.25, 0.3) is 0 Å². The van der Waals surface area contributed by atoms with Gasteiger partial charge >= 0.3 is 0 Å². The van der Waals surface area contributed by atoms with Crippen LogP contribution in [-0.4, -0.2) is 13.2 Å². The van der Waals surface area contributed by atoms with Crippen LogP contribution in [0.5, 0.6) is 0 Å². The molecule has 2 nitrogen and oxygen atoms in total. The normalized spacial score (nSPS) is 12.3. The summed E-state index contributed by atoms with van der Waals surface area (Å²) in [5.41, 5.74) is 2.93. The van der Waals surface area contributed by atoms with Gasteiger partial charge in [-0.3, -0.25) is 4.84 Å². The Kier molecular flexibility index (Phi) is 18.3. The second-order valence-corrected chi connectivity index (χ2v) is 3.78. The van der Waals surface area contributed by atoms with Gasteiger partial charge in [-0.15, -0.1) is 0 Å². The molecule has 2 heteroatoms. The Morgan fingerprint density at radius 1 is 1.27 bits per heavy atom. The third-order valence-corrected chi connectivity index (χ3v) is 1.95. The van der Waals surface area contributed by atoms with Crippen LogP contribution in [0.4, 0.5) is 0 Å². The number of hydrogen-bond donors (Lipinski definition) is 1. The van der Waals surface area contributed by atoms with E-state index in [1.54, 1.807) is 0 Å². The molecule has 0 fully saturated rings. The van der Waals surface area contributed by atoms with Crippen LogP contribution in [0.25, 0.3) is 0 Å². The summed E-state index contributed by atoms with van der Waals surface area (Å²) in [5, 5.41) is 0. The maximum atomic E-state index is 5.13. The van der Waals surface area contributed by atoms with Crippen molar-refractivity contribution in [3.63, 3.8) is 0 Å². The quantitative estimate of drug-likeness (QED) is 0.394. The van der Waals surface area contributed by atoms with Gasteiger partial charge in [0.15, 0.2) is 0 Å². The Morgan fingerprint density at radius 3 is 2.33 bits per heavy atom. The molecule has 0 radical (unpaired) electrons. The molecule has 0 aromatic rings. The molecule has 0 amide bonds. The highest BCUT2D eigenvalue weighted by Gasteiger charge is 1.96. The highest BCUT2D eigenvalue weighted by Crippen LogP contribution is 2.03. The average molecular weight is 215 g/mol. The Morgan fingerprint density at radius 2 is 1.87 bits per heavy atom. The first kappa shape index (κ1) is 17.1. The van der Waals surface area contributed by atoms with Crippen LogP contribution in [0.2, 0.25) is 0 Å². The second kappa shape index (κ2) is 16.1. The first-order valence-electron chi connectivity index (χ1n) is 6.18. The van der Waals surface area contributed by atoms with Crippen LogP contribution in [0.15, 0.2) is 12.2 Å². The molecule has 92 valence electrons. The number of hydrogen-bond acceptors (Lipinski definition) is 2. The van der Waals surface area contributed by atoms with Gasteiger partial charge in [-0.2, -0.15) is 0 Å². The van der Waals surface area contributed by atoms with Gasteiger partial charge in [0.05, 0.1) is 6.61 Å². The van der Waals surface area contributed by atoms with Gasteiger partial charge < -0.3 is 0 Å². The molecule has 1 atom stereocenters. The van der Waals surface area contributed by atoms with Gasteiger partial charge in [0.2, 0.25) is 0 Å². The molecule has 0 heterocycles. The monoisotopic (exact) mass is 215 g/mol. The van der Waals surface area contributed by atoms with Gasteiger partial charge in [0, 0.05) is 6.54 Å². The number of hydroxylamine groups is 1. The Balaban J connectivity index is 0. The van der Waals surface area contributed by atoms with E-state index in [1.165, 1.54) is 19.3 Å². The fraction of sp³-hybridized carbons (Fsp3) is 0.846. The van der Waals surface area contributed by atoms with E-state index in [1.807, 2.05) is 19.1 Å². The van der Waals surface area contributed by atoms with E-state index >= 15 is 0 Å². The van der Waals surface area contributed by atoms with Crippen molar-refractivity contribution in [2.45, 2.75) is 53.9 Å². The molecule has 15 heavy (non-hydrogen) atoms. The summed E-state index contributed by atoms with van der Waals surface area (Å²) < 4.78 is 0. The molecule has 0 aromatic heterocycles. The predicted molar refractivity (Wildman–Crippen MR) is 68.8 cm³/mol. The maximum Gasteiger partial charge on any atom is 0.0863 e. The van der Waals surface area contributed by atoms with Crippen molar-refractivity contribution in [1.82, 2.24) is 5.48 Å². The molecule has 0 saturated heterocycles. The number of allylic oxidation sites excluding steroid dienone is 1. The fourth-order valence-electron chi connectivity index (χ4n) is 0.785. The lowest BCUT2D eigenvalue weighted by Gasteiger charge is -2.08. The minimum atomic E-state index is 0.664. The Hall–Kier alpha value is -0.340. The van der Waals surface area contributed by atoms with E-state index in [0.717, 1.165) is 12.5 Å². The maximum absolute atomic E-state index is 5.13. The smallest absolute Gasteiger partial charge is 0.0863 e. The number of nitrogens with one attached hydrogen (secondary N) is 1. The van der Waals surface area contributed by atoms with Crippen LogP contribution in [0.1, 0.15) is 53.9 Å². The molecule has 0 aliphatic heterocycles. The third kappa shape index (κ3) is 19.9. The molecular formula is C13H29NO. The minimum Gasteiger partial charge on any atom is -0.298 e. The summed E-state index contributed by atoms with van der Waals surface area (Å²) in [6, 6.07) is 0. The summed E-state index contributed by atoms with van der Waals surface area (Å²) in [6.07, 6.45) is 7.65. The van der Waals surface area contributed by atoms with E-state index in [-0.39, 0.29) is 0 Å². The van der Waals surface area contributed by atoms with Crippen molar-refractivity contribution in [1.29, 1.82) is 0 Å². The molecule has 1 N–H and O–H groups in total. The summed E-state index contributed by atoms with van der Waals surface area (Å²) in [6.45, 7) is 12.3. The SMILES string of the molecule is C/C=C/CONCCC(C)CC.CCC. The Labute approximate surface area is 96.1 Å². The van der Waals surface area contributed by atoms with Crippen molar-refractivity contribution < 1.29 is 4.84 Å². The molecule has 0 aromatic carbocycles. The molecule has 1 unspecified atom stereocenters. The van der Waals surface area contributed by atoms with E-state index in [9.17, 15) is 0 Å². The second-order valence-electron chi connectivity index (χ2n) is 3.78. The molecular weight excluding hydrogens is 186 g/mol. The van der Waals surface area contributed by atoms with Crippen molar-refractivity contribution in [3.8, 4) is 0 Å². The summed E-state index contributed by atoms with van der Waals surface area (Å²) >= 11 is 0. The molecule has 0 spiro atoms. The summed E-state index contributed by atoms with van der Waals surface area (Å²) in [5.74, 6) is 0.794. The van der Waals surface area contributed by atoms with E-state index in [4.69, 9.17) is 4.84 Å². The van der Waals surface area contributed by atoms with Crippen LogP contribution in [0.3, 0.4) is 0 Å². The van der Waals surface area contributed by atoms with Crippen LogP contribution in [-0.2, 0) is 4.84 Å². The predicted octanol–water partition coefficient (Wildman–Crippen LogP) is 3.94. The highest BCUT2D eigenvalue weighted by atomic mass is 16.6. The highest BCUT2D eigenvalue weighted by molar-refractivity contribution is 4.75. The lowest BCUT2D eigenvalue weighted by Crippen LogP contribution is -2.17. The summed E-state index contributed by atoms with van der Waals surface area (Å²) in [4.78, 5) is 5.13. The largest absolute Gasteiger partial charge is 0.298 e. The van der Waals surface area contributed by atoms with Gasteiger partial charge in [0.1, 0.15) is 0 Å². The number of rotatable bonds is 7. The average Bonchev–Trinajstić information content (AvgIpc) is 2.24. The molecule has 0 rings (SSSR count). The molecule has 0 aliphatic rings. The Bertz CT molecular complexity index is 124. The van der Waals surface area contributed by atoms with Crippen molar-refractivity contribution >= 4 is 0 Å². The van der Waals surface area contributed by atoms with Crippen molar-refractivity contribution in [3.05, 3.63) is 12.2 Å². The van der Waals surface area contributed by atoms with Crippen LogP contribution in [0, 0.1) is 5.92 Å². The van der Waals surface area contributed by atoms with E-state index in [2.05, 4.69) is 33.2 Å². The molecule has 0 saturated carbocycles. The summed E-state index contributed by atoms with van der Waals surface area (Å²) in [7, 11) is 0. The van der Waals surface area contributed by atoms with E-state index in [0.29, 0.717) is 6.61 Å². The molecule has 0 bridgehead atoms. The van der Waals surface area contributed by atoms with Gasteiger partial charge in [-0.1, -0.05) is 52.7 Å². The zero-order valence-corrected chi connectivity index (χ0v) is 11.2. The minimum absolute atomic E-state index is 0.664. The lowest BCUT2D eigenvalue weighted by molar-refractivity contribution is 0.0592. The van der Waals surface area contributed by atoms with Gasteiger partial charge in [-0.25, -0.2) is 5.48 Å². The lowest BCUT2D eigenvalue weighted by atomic mass is 10.1. The van der Waals surface area contributed by atoms with Crippen molar-refractivity contribution in [2.24, 2.45) is 5.92 Å². The van der Waals surface area contributed by atoms with Crippen LogP contribution >= 0.6 is 0 Å². The zero-order valence-electron chi connectivity index (χ0n) is 11.2. The standard InChI is InChI=1S/C10H21NO.C3H8/c1-4-6-9-12-11-8-7-10(3)5-2;1-3-2/h4,6,10-11H,5,7-9H2,1-3H3;3H2,1-2H3/b6-4+;. The van der Waals surface area contributed by atoms with Crippen molar-refractivity contribution in [2.75, 3.05) is 13.2 Å². The third-order valence-electron chi connectivity index (χ3n) is 1.95. The van der Waals surface area contributed by atoms with Crippen LogP contribution < -0.4 is 5.48 Å². The fourth-order valence-corrected chi connectivity index (χ4v) is 0.785. The van der Waals surface area contributed by atoms with E-state index < -0.39 is 0 Å². The molecule has 0 aliphatic carbocycles. The first-order valence-corrected chi connectivity index (χ1v) is 6.18. The topological polar surface area (TPSA) is 21.3 Å². The van der Waals surface area contributed by atoms with Gasteiger partial charge in [-0.05, 0) is 19.3 Å². The first-order chi connectivity index (χ1) is 7.22. The zero-order chi connectivity index (χ0) is 11.9.